The van der Waals surface area contributed by atoms with Gasteiger partial charge in [-0.1, -0.05) is 28.9 Å². The fourth-order valence-corrected chi connectivity index (χ4v) is 2.51. The predicted molar refractivity (Wildman–Crippen MR) is 89.2 cm³/mol. The van der Waals surface area contributed by atoms with E-state index in [2.05, 4.69) is 10.1 Å². The summed E-state index contributed by atoms with van der Waals surface area (Å²) in [5.41, 5.74) is 6.66. The van der Waals surface area contributed by atoms with E-state index in [4.69, 9.17) is 32.4 Å². The fourth-order valence-electron chi connectivity index (χ4n) is 2.32. The summed E-state index contributed by atoms with van der Waals surface area (Å²) in [4.78, 5) is 27.4. The number of hydrazine groups is 1. The van der Waals surface area contributed by atoms with Crippen LogP contribution in [0.2, 0.25) is 5.02 Å². The number of nitrogens with one attached hydrogen (secondary N) is 1. The SMILES string of the molecule is CC(C)(C[C@H](C(=O)NN)c1nc(-c2cccc(Cl)c2)no1)OC(N)=O. The van der Waals surface area contributed by atoms with Crippen LogP contribution >= 0.6 is 11.6 Å². The molecule has 0 saturated heterocycles. The molecule has 134 valence electrons. The minimum absolute atomic E-state index is 0.0269. The van der Waals surface area contributed by atoms with Crippen molar-refractivity contribution in [1.29, 1.82) is 0 Å². The van der Waals surface area contributed by atoms with Crippen molar-refractivity contribution in [3.8, 4) is 11.4 Å². The topological polar surface area (TPSA) is 146 Å². The first kappa shape index (κ1) is 18.7. The molecule has 1 aromatic heterocycles. The highest BCUT2D eigenvalue weighted by atomic mass is 35.5. The number of primary amides is 1. The summed E-state index contributed by atoms with van der Waals surface area (Å²) < 4.78 is 10.2. The summed E-state index contributed by atoms with van der Waals surface area (Å²) in [5, 5.41) is 4.37. The van der Waals surface area contributed by atoms with Crippen molar-refractivity contribution in [2.24, 2.45) is 11.6 Å². The van der Waals surface area contributed by atoms with Crippen LogP contribution in [0.15, 0.2) is 28.8 Å². The molecule has 0 saturated carbocycles. The first-order valence-corrected chi connectivity index (χ1v) is 7.68. The number of hydrogen-bond acceptors (Lipinski definition) is 7. The monoisotopic (exact) mass is 367 g/mol. The average Bonchev–Trinajstić information content (AvgIpc) is 3.00. The molecule has 1 aromatic carbocycles. The van der Waals surface area contributed by atoms with Gasteiger partial charge < -0.3 is 15.0 Å². The van der Waals surface area contributed by atoms with Gasteiger partial charge in [0.05, 0.1) is 0 Å². The number of carbonyl (C=O) groups is 2. The van der Waals surface area contributed by atoms with Crippen molar-refractivity contribution >= 4 is 23.6 Å². The van der Waals surface area contributed by atoms with Crippen LogP contribution in [0.4, 0.5) is 4.79 Å². The third kappa shape index (κ3) is 4.91. The second-order valence-electron chi connectivity index (χ2n) is 5.91. The van der Waals surface area contributed by atoms with Gasteiger partial charge in [-0.3, -0.25) is 10.2 Å². The van der Waals surface area contributed by atoms with Crippen LogP contribution in [0.25, 0.3) is 11.4 Å². The Morgan fingerprint density at radius 3 is 2.76 bits per heavy atom. The van der Waals surface area contributed by atoms with Gasteiger partial charge >= 0.3 is 6.09 Å². The lowest BCUT2D eigenvalue weighted by molar-refractivity contribution is -0.124. The number of rotatable bonds is 6. The summed E-state index contributed by atoms with van der Waals surface area (Å²) in [6, 6.07) is 6.86. The smallest absolute Gasteiger partial charge is 0.405 e. The first-order chi connectivity index (χ1) is 11.7. The molecule has 25 heavy (non-hydrogen) atoms. The Morgan fingerprint density at radius 1 is 1.44 bits per heavy atom. The van der Waals surface area contributed by atoms with Crippen molar-refractivity contribution in [2.45, 2.75) is 31.8 Å². The highest BCUT2D eigenvalue weighted by Crippen LogP contribution is 2.29. The number of ether oxygens (including phenoxy) is 1. The molecule has 0 unspecified atom stereocenters. The second kappa shape index (κ2) is 7.49. The Labute approximate surface area is 148 Å². The van der Waals surface area contributed by atoms with Crippen molar-refractivity contribution in [3.63, 3.8) is 0 Å². The van der Waals surface area contributed by atoms with Gasteiger partial charge in [-0.15, -0.1) is 0 Å². The van der Waals surface area contributed by atoms with Crippen LogP contribution in [0, 0.1) is 0 Å². The lowest BCUT2D eigenvalue weighted by Gasteiger charge is -2.26. The van der Waals surface area contributed by atoms with E-state index in [0.29, 0.717) is 10.6 Å². The minimum atomic E-state index is -1.05. The van der Waals surface area contributed by atoms with Crippen LogP contribution in [0.1, 0.15) is 32.1 Å². The summed E-state index contributed by atoms with van der Waals surface area (Å²) in [7, 11) is 0. The molecule has 0 radical (unpaired) electrons. The van der Waals surface area contributed by atoms with E-state index in [1.807, 2.05) is 5.43 Å². The molecular weight excluding hydrogens is 350 g/mol. The molecule has 0 bridgehead atoms. The number of amides is 2. The lowest BCUT2D eigenvalue weighted by atomic mass is 9.92. The Bertz CT molecular complexity index is 777. The summed E-state index contributed by atoms with van der Waals surface area (Å²) in [5.74, 6) is 4.02. The molecule has 9 nitrogen and oxygen atoms in total. The number of halogens is 1. The maximum absolute atomic E-state index is 12.1. The Morgan fingerprint density at radius 2 is 2.16 bits per heavy atom. The van der Waals surface area contributed by atoms with E-state index < -0.39 is 23.5 Å². The van der Waals surface area contributed by atoms with Crippen LogP contribution in [-0.4, -0.2) is 27.7 Å². The summed E-state index contributed by atoms with van der Waals surface area (Å²) in [6.45, 7) is 3.20. The molecule has 1 heterocycles. The van der Waals surface area contributed by atoms with Gasteiger partial charge in [-0.05, 0) is 26.0 Å². The first-order valence-electron chi connectivity index (χ1n) is 7.30. The van der Waals surface area contributed by atoms with Gasteiger partial charge in [0, 0.05) is 17.0 Å². The zero-order chi connectivity index (χ0) is 18.6. The van der Waals surface area contributed by atoms with Crippen LogP contribution in [0.3, 0.4) is 0 Å². The van der Waals surface area contributed by atoms with Crippen LogP contribution < -0.4 is 17.0 Å². The minimum Gasteiger partial charge on any atom is -0.444 e. The molecule has 0 aliphatic carbocycles. The van der Waals surface area contributed by atoms with Gasteiger partial charge in [-0.2, -0.15) is 4.98 Å². The summed E-state index contributed by atoms with van der Waals surface area (Å²) >= 11 is 5.95. The Kier molecular flexibility index (Phi) is 5.60. The predicted octanol–water partition coefficient (Wildman–Crippen LogP) is 1.73. The molecule has 2 aromatic rings. The normalized spacial score (nSPS) is 12.5. The molecule has 2 rings (SSSR count). The Balaban J connectivity index is 2.30. The molecule has 2 amide bonds. The Hall–Kier alpha value is -2.65. The molecule has 10 heteroatoms. The standard InChI is InChI=1S/C15H18ClN5O4/c1-15(2,24-14(17)23)7-10(12(22)20-18)13-19-11(21-25-13)8-4-3-5-9(16)6-8/h3-6,10H,7,18H2,1-2H3,(H2,17,23)(H,20,22)/t10-/m1/s1. The van der Waals surface area contributed by atoms with Crippen molar-refractivity contribution in [2.75, 3.05) is 0 Å². The zero-order valence-electron chi connectivity index (χ0n) is 13.7. The summed E-state index contributed by atoms with van der Waals surface area (Å²) in [6.07, 6.45) is -0.919. The average molecular weight is 368 g/mol. The number of carbonyl (C=O) groups excluding carboxylic acids is 2. The quantitative estimate of drug-likeness (QED) is 0.400. The number of nitrogens with two attached hydrogens (primary N) is 2. The molecule has 1 atom stereocenters. The molecule has 5 N–H and O–H groups in total. The molecule has 0 aliphatic rings. The van der Waals surface area contributed by atoms with E-state index in [9.17, 15) is 9.59 Å². The largest absolute Gasteiger partial charge is 0.444 e. The molecule has 0 aliphatic heterocycles. The van der Waals surface area contributed by atoms with Gasteiger partial charge in [0.15, 0.2) is 0 Å². The number of hydrogen-bond donors (Lipinski definition) is 3. The second-order valence-corrected chi connectivity index (χ2v) is 6.35. The van der Waals surface area contributed by atoms with E-state index in [-0.39, 0.29) is 18.1 Å². The molecule has 0 fully saturated rings. The number of benzene rings is 1. The number of nitrogens with zero attached hydrogens (tertiary/aromatic N) is 2. The maximum atomic E-state index is 12.1. The van der Waals surface area contributed by atoms with Gasteiger partial charge in [0.1, 0.15) is 11.5 Å². The van der Waals surface area contributed by atoms with Crippen molar-refractivity contribution < 1.29 is 18.8 Å². The lowest BCUT2D eigenvalue weighted by Crippen LogP contribution is -2.40. The van der Waals surface area contributed by atoms with E-state index in [1.165, 1.54) is 0 Å². The van der Waals surface area contributed by atoms with E-state index in [0.717, 1.165) is 0 Å². The number of aromatic nitrogens is 2. The highest BCUT2D eigenvalue weighted by Gasteiger charge is 2.35. The molecule has 0 spiro atoms. The van der Waals surface area contributed by atoms with Gasteiger partial charge in [-0.25, -0.2) is 10.6 Å². The maximum Gasteiger partial charge on any atom is 0.405 e. The van der Waals surface area contributed by atoms with Gasteiger partial charge in [0.2, 0.25) is 17.6 Å². The van der Waals surface area contributed by atoms with E-state index >= 15 is 0 Å². The fraction of sp³-hybridized carbons (Fsp3) is 0.333. The van der Waals surface area contributed by atoms with Crippen LogP contribution in [0.5, 0.6) is 0 Å². The van der Waals surface area contributed by atoms with Crippen molar-refractivity contribution in [3.05, 3.63) is 35.2 Å². The zero-order valence-corrected chi connectivity index (χ0v) is 14.4. The third-order valence-electron chi connectivity index (χ3n) is 3.35. The van der Waals surface area contributed by atoms with Crippen LogP contribution in [-0.2, 0) is 9.53 Å². The van der Waals surface area contributed by atoms with Crippen molar-refractivity contribution in [1.82, 2.24) is 15.6 Å². The van der Waals surface area contributed by atoms with Gasteiger partial charge in [0.25, 0.3) is 0 Å². The third-order valence-corrected chi connectivity index (χ3v) is 3.59. The van der Waals surface area contributed by atoms with E-state index in [1.54, 1.807) is 38.1 Å². The highest BCUT2D eigenvalue weighted by molar-refractivity contribution is 6.30. The molecular formula is C15H18ClN5O4.